The fourth-order valence-corrected chi connectivity index (χ4v) is 3.91. The van der Waals surface area contributed by atoms with Crippen LogP contribution < -0.4 is 10.1 Å². The molecule has 0 unspecified atom stereocenters. The number of nitrogens with zero attached hydrogens (tertiary/aromatic N) is 2. The predicted octanol–water partition coefficient (Wildman–Crippen LogP) is 6.63. The van der Waals surface area contributed by atoms with Crippen molar-refractivity contribution < 1.29 is 13.5 Å². The van der Waals surface area contributed by atoms with E-state index in [4.69, 9.17) is 9.72 Å². The number of methoxy groups -OCH3 is 1. The third-order valence-corrected chi connectivity index (χ3v) is 5.47. The number of fused-ring (bicyclic) bond motifs is 1. The zero-order valence-electron chi connectivity index (χ0n) is 18.4. The number of nitrogens with one attached hydrogen (secondary N) is 1. The normalized spacial score (nSPS) is 11.0. The van der Waals surface area contributed by atoms with Crippen LogP contribution in [0, 0.1) is 11.6 Å². The Kier molecular flexibility index (Phi) is 6.30. The number of aromatic nitrogens is 2. The van der Waals surface area contributed by atoms with Crippen LogP contribution >= 0.6 is 0 Å². The van der Waals surface area contributed by atoms with Crippen LogP contribution in [-0.2, 0) is 6.42 Å². The topological polar surface area (TPSA) is 47.0 Å². The van der Waals surface area contributed by atoms with E-state index in [-0.39, 0.29) is 0 Å². The fraction of sp³-hybridized carbons (Fsp3) is 0.231. The van der Waals surface area contributed by atoms with E-state index in [2.05, 4.69) is 24.1 Å². The summed E-state index contributed by atoms with van der Waals surface area (Å²) in [5.74, 6) is -1.19. The molecule has 0 bridgehead atoms. The summed E-state index contributed by atoms with van der Waals surface area (Å²) in [7, 11) is 1.59. The summed E-state index contributed by atoms with van der Waals surface area (Å²) in [6.07, 6.45) is 5.26. The smallest absolute Gasteiger partial charge is 0.159 e. The van der Waals surface area contributed by atoms with E-state index in [9.17, 15) is 8.78 Å². The van der Waals surface area contributed by atoms with Crippen molar-refractivity contribution >= 4 is 16.6 Å². The summed E-state index contributed by atoms with van der Waals surface area (Å²) < 4.78 is 33.1. The van der Waals surface area contributed by atoms with Gasteiger partial charge in [-0.3, -0.25) is 4.98 Å². The van der Waals surface area contributed by atoms with Crippen molar-refractivity contribution in [1.82, 2.24) is 9.97 Å². The standard InChI is InChI=1S/C26H25F2N3O/c1-4-10-30-25-19(5-2)24(17-7-6-11-29-15-17)31-26-20(25)12-18(14-23(26)32-3)16-8-9-21(27)22(28)13-16/h6-9,11-15H,4-5,10H2,1-3H3,(H,30,31). The second-order valence-corrected chi connectivity index (χ2v) is 7.54. The molecular weight excluding hydrogens is 408 g/mol. The maximum absolute atomic E-state index is 13.9. The number of rotatable bonds is 7. The second kappa shape index (κ2) is 9.30. The first-order valence-electron chi connectivity index (χ1n) is 10.7. The number of hydrogen-bond acceptors (Lipinski definition) is 4. The van der Waals surface area contributed by atoms with E-state index < -0.39 is 11.6 Å². The Morgan fingerprint density at radius 1 is 0.969 bits per heavy atom. The Hall–Kier alpha value is -3.54. The molecule has 0 saturated heterocycles. The molecular formula is C26H25F2N3O. The Labute approximate surface area is 186 Å². The molecule has 4 aromatic rings. The van der Waals surface area contributed by atoms with Crippen LogP contribution in [0.15, 0.2) is 54.9 Å². The van der Waals surface area contributed by atoms with Crippen LogP contribution in [0.4, 0.5) is 14.5 Å². The van der Waals surface area contributed by atoms with Crippen molar-refractivity contribution in [3.63, 3.8) is 0 Å². The lowest BCUT2D eigenvalue weighted by molar-refractivity contribution is 0.419. The van der Waals surface area contributed by atoms with Crippen LogP contribution in [-0.4, -0.2) is 23.6 Å². The number of benzene rings is 2. The lowest BCUT2D eigenvalue weighted by Crippen LogP contribution is -2.07. The molecule has 0 aliphatic carbocycles. The van der Waals surface area contributed by atoms with Gasteiger partial charge < -0.3 is 10.1 Å². The Morgan fingerprint density at radius 3 is 2.47 bits per heavy atom. The van der Waals surface area contributed by atoms with E-state index in [0.717, 1.165) is 58.9 Å². The molecule has 0 radical (unpaired) electrons. The third kappa shape index (κ3) is 4.00. The van der Waals surface area contributed by atoms with E-state index in [0.29, 0.717) is 16.8 Å². The van der Waals surface area contributed by atoms with Crippen molar-refractivity contribution in [3.05, 3.63) is 72.1 Å². The van der Waals surface area contributed by atoms with Gasteiger partial charge in [-0.05, 0) is 60.4 Å². The quantitative estimate of drug-likeness (QED) is 0.355. The minimum Gasteiger partial charge on any atom is -0.494 e. The monoisotopic (exact) mass is 433 g/mol. The first-order chi connectivity index (χ1) is 15.6. The minimum absolute atomic E-state index is 0.564. The van der Waals surface area contributed by atoms with Gasteiger partial charge in [0.05, 0.1) is 12.8 Å². The zero-order valence-corrected chi connectivity index (χ0v) is 18.4. The minimum atomic E-state index is -0.884. The first kappa shape index (κ1) is 21.7. The molecule has 0 aliphatic heterocycles. The molecule has 0 aliphatic rings. The maximum Gasteiger partial charge on any atom is 0.159 e. The highest BCUT2D eigenvalue weighted by Gasteiger charge is 2.19. The zero-order chi connectivity index (χ0) is 22.7. The summed E-state index contributed by atoms with van der Waals surface area (Å²) in [5, 5.41) is 4.44. The van der Waals surface area contributed by atoms with Gasteiger partial charge in [-0.25, -0.2) is 13.8 Å². The van der Waals surface area contributed by atoms with Crippen LogP contribution in [0.1, 0.15) is 25.8 Å². The molecule has 0 saturated carbocycles. The number of pyridine rings is 2. The number of anilines is 1. The fourth-order valence-electron chi connectivity index (χ4n) is 3.91. The van der Waals surface area contributed by atoms with Gasteiger partial charge in [0.15, 0.2) is 11.6 Å². The van der Waals surface area contributed by atoms with Crippen LogP contribution in [0.3, 0.4) is 0 Å². The second-order valence-electron chi connectivity index (χ2n) is 7.54. The molecule has 2 aromatic heterocycles. The summed E-state index contributed by atoms with van der Waals surface area (Å²) in [5.41, 5.74) is 5.83. The molecule has 6 heteroatoms. The number of hydrogen-bond donors (Lipinski definition) is 1. The van der Waals surface area contributed by atoms with Gasteiger partial charge in [-0.1, -0.05) is 19.9 Å². The van der Waals surface area contributed by atoms with E-state index in [1.165, 1.54) is 6.07 Å². The highest BCUT2D eigenvalue weighted by Crippen LogP contribution is 2.40. The SMILES string of the molecule is CCCNc1c(CC)c(-c2cccnc2)nc2c(OC)cc(-c3ccc(F)c(F)c3)cc12. The van der Waals surface area contributed by atoms with E-state index >= 15 is 0 Å². The summed E-state index contributed by atoms with van der Waals surface area (Å²) in [4.78, 5) is 9.25. The average Bonchev–Trinajstić information content (AvgIpc) is 2.83. The predicted molar refractivity (Wildman–Crippen MR) is 125 cm³/mol. The van der Waals surface area contributed by atoms with Crippen molar-refractivity contribution in [2.75, 3.05) is 19.0 Å². The highest BCUT2D eigenvalue weighted by molar-refractivity contribution is 6.01. The van der Waals surface area contributed by atoms with Crippen molar-refractivity contribution in [2.45, 2.75) is 26.7 Å². The number of ether oxygens (including phenoxy) is 1. The molecule has 2 heterocycles. The van der Waals surface area contributed by atoms with E-state index in [1.807, 2.05) is 24.3 Å². The van der Waals surface area contributed by atoms with Gasteiger partial charge in [-0.2, -0.15) is 0 Å². The van der Waals surface area contributed by atoms with Crippen molar-refractivity contribution in [3.8, 4) is 28.1 Å². The van der Waals surface area contributed by atoms with E-state index in [1.54, 1.807) is 25.6 Å². The molecule has 164 valence electrons. The number of halogens is 2. The molecule has 0 amide bonds. The average molecular weight is 434 g/mol. The highest BCUT2D eigenvalue weighted by atomic mass is 19.2. The van der Waals surface area contributed by atoms with Crippen LogP contribution in [0.2, 0.25) is 0 Å². The lowest BCUT2D eigenvalue weighted by Gasteiger charge is -2.20. The Morgan fingerprint density at radius 2 is 1.81 bits per heavy atom. The molecule has 0 spiro atoms. The van der Waals surface area contributed by atoms with Crippen LogP contribution in [0.5, 0.6) is 5.75 Å². The molecule has 0 fully saturated rings. The molecule has 32 heavy (non-hydrogen) atoms. The Balaban J connectivity index is 2.04. The molecule has 1 N–H and O–H groups in total. The van der Waals surface area contributed by atoms with Gasteiger partial charge in [-0.15, -0.1) is 0 Å². The van der Waals surface area contributed by atoms with Gasteiger partial charge in [0.25, 0.3) is 0 Å². The molecule has 4 nitrogen and oxygen atoms in total. The molecule has 0 atom stereocenters. The Bertz CT molecular complexity index is 1260. The van der Waals surface area contributed by atoms with Crippen molar-refractivity contribution in [1.29, 1.82) is 0 Å². The van der Waals surface area contributed by atoms with Gasteiger partial charge in [0, 0.05) is 41.1 Å². The maximum atomic E-state index is 13.9. The molecule has 2 aromatic carbocycles. The van der Waals surface area contributed by atoms with Gasteiger partial charge >= 0.3 is 0 Å². The van der Waals surface area contributed by atoms with Gasteiger partial charge in [0.1, 0.15) is 11.3 Å². The largest absolute Gasteiger partial charge is 0.494 e. The van der Waals surface area contributed by atoms with Crippen LogP contribution in [0.25, 0.3) is 33.3 Å². The molecule has 4 rings (SSSR count). The summed E-state index contributed by atoms with van der Waals surface area (Å²) in [6.45, 7) is 4.99. The lowest BCUT2D eigenvalue weighted by atomic mass is 9.96. The third-order valence-electron chi connectivity index (χ3n) is 5.47. The van der Waals surface area contributed by atoms with Gasteiger partial charge in [0.2, 0.25) is 0 Å². The summed E-state index contributed by atoms with van der Waals surface area (Å²) in [6, 6.07) is 11.6. The first-order valence-corrected chi connectivity index (χ1v) is 10.7. The summed E-state index contributed by atoms with van der Waals surface area (Å²) >= 11 is 0. The van der Waals surface area contributed by atoms with Crippen molar-refractivity contribution in [2.24, 2.45) is 0 Å².